The number of rotatable bonds is 13. The minimum absolute atomic E-state index is 0.00590. The first-order valence-electron chi connectivity index (χ1n) is 15.3. The Balaban J connectivity index is 1.64. The topological polar surface area (TPSA) is 117 Å². The zero-order chi connectivity index (χ0) is 30.9. The third-order valence-electron chi connectivity index (χ3n) is 7.97. The van der Waals surface area contributed by atoms with E-state index < -0.39 is 17.2 Å². The smallest absolute Gasteiger partial charge is 0.338 e. The number of nitrogens with two attached hydrogens (primary N) is 1. The van der Waals surface area contributed by atoms with E-state index in [2.05, 4.69) is 23.7 Å². The van der Waals surface area contributed by atoms with Crippen LogP contribution in [0.4, 0.5) is 5.95 Å². The number of nitrogens with zero attached hydrogens (tertiary/aromatic N) is 5. The second kappa shape index (κ2) is 15.3. The van der Waals surface area contributed by atoms with E-state index in [1.807, 2.05) is 0 Å². The van der Waals surface area contributed by atoms with Crippen LogP contribution in [0, 0.1) is 11.8 Å². The Morgan fingerprint density at radius 1 is 1.14 bits per heavy atom. The first-order chi connectivity index (χ1) is 20.8. The molecule has 4 rings (SSSR count). The average molecular weight is 611 g/mol. The fourth-order valence-corrected chi connectivity index (χ4v) is 5.76. The van der Waals surface area contributed by atoms with Crippen LogP contribution in [0.15, 0.2) is 27.8 Å². The maximum Gasteiger partial charge on any atom is 0.338 e. The lowest BCUT2D eigenvalue weighted by atomic mass is 10.1. The van der Waals surface area contributed by atoms with Crippen LogP contribution in [0.3, 0.4) is 0 Å². The Bertz CT molecular complexity index is 1610. The van der Waals surface area contributed by atoms with Crippen LogP contribution in [0.2, 0.25) is 5.02 Å². The van der Waals surface area contributed by atoms with E-state index in [4.69, 9.17) is 27.1 Å². The highest BCUT2D eigenvalue weighted by Gasteiger charge is 2.26. The highest BCUT2D eigenvalue weighted by molar-refractivity contribution is 6.31. The summed E-state index contributed by atoms with van der Waals surface area (Å²) in [6, 6.07) is 4.81. The van der Waals surface area contributed by atoms with Gasteiger partial charge in [-0.15, -0.1) is 5.92 Å². The number of unbranched alkanes of at least 4 members (excludes halogenated alkanes) is 6. The number of hydrogen-bond acceptors (Lipinski definition) is 7. The van der Waals surface area contributed by atoms with Gasteiger partial charge in [0.1, 0.15) is 0 Å². The highest BCUT2D eigenvalue weighted by atomic mass is 35.5. The van der Waals surface area contributed by atoms with Crippen LogP contribution in [-0.2, 0) is 24.9 Å². The molecular weight excluding hydrogens is 568 g/mol. The molecule has 1 atom stereocenters. The van der Waals surface area contributed by atoms with Crippen molar-refractivity contribution < 1.29 is 9.53 Å². The van der Waals surface area contributed by atoms with Gasteiger partial charge in [-0.25, -0.2) is 9.59 Å². The van der Waals surface area contributed by atoms with Crippen LogP contribution in [0.25, 0.3) is 11.2 Å². The summed E-state index contributed by atoms with van der Waals surface area (Å²) < 4.78 is 9.83. The molecule has 0 bridgehead atoms. The molecule has 43 heavy (non-hydrogen) atoms. The van der Waals surface area contributed by atoms with E-state index in [1.165, 1.54) is 36.3 Å². The second-order valence-corrected chi connectivity index (χ2v) is 11.7. The van der Waals surface area contributed by atoms with Crippen molar-refractivity contribution in [2.24, 2.45) is 12.8 Å². The van der Waals surface area contributed by atoms with Gasteiger partial charge in [-0.1, -0.05) is 69.0 Å². The summed E-state index contributed by atoms with van der Waals surface area (Å²) in [4.78, 5) is 47.4. The largest absolute Gasteiger partial charge is 0.462 e. The number of esters is 1. The molecule has 0 spiro atoms. The van der Waals surface area contributed by atoms with Crippen LogP contribution >= 0.6 is 11.6 Å². The Hall–Kier alpha value is -3.55. The maximum atomic E-state index is 14.0. The number of benzene rings is 1. The molecule has 0 radical (unpaired) electrons. The van der Waals surface area contributed by atoms with E-state index in [1.54, 1.807) is 30.7 Å². The van der Waals surface area contributed by atoms with E-state index >= 15 is 0 Å². The number of imidazole rings is 1. The monoisotopic (exact) mass is 610 g/mol. The number of anilines is 1. The predicted octanol–water partition coefficient (Wildman–Crippen LogP) is 4.46. The van der Waals surface area contributed by atoms with Gasteiger partial charge in [-0.05, 0) is 43.9 Å². The summed E-state index contributed by atoms with van der Waals surface area (Å²) in [6.07, 6.45) is 9.57. The first-order valence-corrected chi connectivity index (χ1v) is 15.7. The quantitative estimate of drug-likeness (QED) is 0.172. The molecule has 11 heteroatoms. The molecule has 0 amide bonds. The number of piperidine rings is 1. The molecular formula is C32H43ClN6O4. The molecule has 1 aromatic carbocycles. The number of fused-ring (bicyclic) bond motifs is 1. The summed E-state index contributed by atoms with van der Waals surface area (Å²) in [7, 11) is 1.59. The molecule has 10 nitrogen and oxygen atoms in total. The van der Waals surface area contributed by atoms with Crippen LogP contribution in [0.5, 0.6) is 0 Å². The number of carbonyl (C=O) groups is 1. The molecule has 2 N–H and O–H groups in total. The van der Waals surface area contributed by atoms with Crippen LogP contribution in [-0.4, -0.2) is 50.4 Å². The molecule has 1 saturated heterocycles. The zero-order valence-corrected chi connectivity index (χ0v) is 26.3. The van der Waals surface area contributed by atoms with Crippen molar-refractivity contribution in [2.45, 2.75) is 90.8 Å². The highest BCUT2D eigenvalue weighted by Crippen LogP contribution is 2.23. The Morgan fingerprint density at radius 3 is 2.60 bits per heavy atom. The van der Waals surface area contributed by atoms with E-state index in [0.29, 0.717) is 29.7 Å². The molecule has 232 valence electrons. The van der Waals surface area contributed by atoms with Gasteiger partial charge in [0.2, 0.25) is 5.95 Å². The van der Waals surface area contributed by atoms with Gasteiger partial charge in [-0.2, -0.15) is 4.98 Å². The van der Waals surface area contributed by atoms with Gasteiger partial charge in [0.25, 0.3) is 5.56 Å². The van der Waals surface area contributed by atoms with Crippen molar-refractivity contribution in [1.29, 1.82) is 0 Å². The molecule has 2 aromatic heterocycles. The third kappa shape index (κ3) is 7.70. The van der Waals surface area contributed by atoms with Crippen molar-refractivity contribution in [3.05, 3.63) is 55.2 Å². The Kier molecular flexibility index (Phi) is 11.5. The van der Waals surface area contributed by atoms with Gasteiger partial charge in [0, 0.05) is 31.2 Å². The Labute approximate surface area is 257 Å². The van der Waals surface area contributed by atoms with Gasteiger partial charge >= 0.3 is 11.7 Å². The predicted molar refractivity (Wildman–Crippen MR) is 171 cm³/mol. The summed E-state index contributed by atoms with van der Waals surface area (Å²) in [6.45, 7) is 5.67. The minimum atomic E-state index is -0.539. The van der Waals surface area contributed by atoms with Gasteiger partial charge in [0.15, 0.2) is 11.2 Å². The molecule has 0 saturated carbocycles. The van der Waals surface area contributed by atoms with E-state index in [-0.39, 0.29) is 35.9 Å². The van der Waals surface area contributed by atoms with Crippen molar-refractivity contribution >= 4 is 34.7 Å². The maximum absolute atomic E-state index is 14.0. The lowest BCUT2D eigenvalue weighted by molar-refractivity contribution is 0.0496. The SMILES string of the molecule is CC#CCn1c(N2CCC[C@@H](N)C2)nc2c1c(=O)n(Cc1ccc(Cl)cc1C(=O)OCCCCCCCCC)c(=O)n2C. The van der Waals surface area contributed by atoms with Gasteiger partial charge < -0.3 is 15.4 Å². The number of aryl methyl sites for hydroxylation is 1. The molecule has 1 aliphatic heterocycles. The zero-order valence-electron chi connectivity index (χ0n) is 25.5. The molecule has 0 unspecified atom stereocenters. The van der Waals surface area contributed by atoms with E-state index in [9.17, 15) is 14.4 Å². The number of ether oxygens (including phenoxy) is 1. The molecule has 1 aliphatic rings. The van der Waals surface area contributed by atoms with Crippen molar-refractivity contribution in [2.75, 3.05) is 24.6 Å². The lowest BCUT2D eigenvalue weighted by Gasteiger charge is -2.31. The third-order valence-corrected chi connectivity index (χ3v) is 8.20. The molecule has 0 aliphatic carbocycles. The molecule has 3 heterocycles. The summed E-state index contributed by atoms with van der Waals surface area (Å²) in [5, 5.41) is 0.364. The molecule has 3 aromatic rings. The first kappa shape index (κ1) is 32.4. The fourth-order valence-electron chi connectivity index (χ4n) is 5.59. The fraction of sp³-hybridized carbons (Fsp3) is 0.562. The molecule has 1 fully saturated rings. The number of halogens is 1. The Morgan fingerprint density at radius 2 is 1.88 bits per heavy atom. The van der Waals surface area contributed by atoms with E-state index in [0.717, 1.165) is 43.2 Å². The van der Waals surface area contributed by atoms with Crippen molar-refractivity contribution in [3.8, 4) is 11.8 Å². The van der Waals surface area contributed by atoms with Gasteiger partial charge in [-0.3, -0.25) is 18.5 Å². The number of hydrogen-bond donors (Lipinski definition) is 1. The summed E-state index contributed by atoms with van der Waals surface area (Å²) in [5.41, 5.74) is 6.45. The average Bonchev–Trinajstić information content (AvgIpc) is 3.38. The van der Waals surface area contributed by atoms with Crippen molar-refractivity contribution in [1.82, 2.24) is 18.7 Å². The summed E-state index contributed by atoms with van der Waals surface area (Å²) in [5.74, 6) is 5.97. The summed E-state index contributed by atoms with van der Waals surface area (Å²) >= 11 is 6.25. The number of aromatic nitrogens is 4. The normalized spacial score (nSPS) is 15.0. The lowest BCUT2D eigenvalue weighted by Crippen LogP contribution is -2.44. The van der Waals surface area contributed by atoms with Crippen LogP contribution < -0.4 is 21.9 Å². The van der Waals surface area contributed by atoms with Gasteiger partial charge in [0.05, 0.1) is 25.3 Å². The minimum Gasteiger partial charge on any atom is -0.462 e. The standard InChI is InChI=1S/C32H43ClN6O4/c1-4-6-8-9-10-11-12-19-43-30(41)26-20-24(33)16-15-23(26)21-39-29(40)27-28(36(3)32(39)42)35-31(38(27)18-7-5-2)37-17-13-14-25(34)22-37/h15-16,20,25H,4,6,8-14,17-19,21-22,34H2,1-3H3/t25-/m1/s1. The number of carbonyl (C=O) groups excluding carboxylic acids is 1. The van der Waals surface area contributed by atoms with Crippen LogP contribution in [0.1, 0.15) is 87.6 Å². The van der Waals surface area contributed by atoms with Crippen molar-refractivity contribution in [3.63, 3.8) is 0 Å². The second-order valence-electron chi connectivity index (χ2n) is 11.2.